The molecule has 0 bridgehead atoms. The van der Waals surface area contributed by atoms with Gasteiger partial charge >= 0.3 is 0 Å². The summed E-state index contributed by atoms with van der Waals surface area (Å²) in [5.74, 6) is 2.18. The molecule has 6 heteroatoms. The first kappa shape index (κ1) is 15.2. The molecule has 2 rings (SSSR count). The Morgan fingerprint density at radius 2 is 2.40 bits per heavy atom. The molecule has 1 saturated heterocycles. The van der Waals surface area contributed by atoms with Crippen LogP contribution in [0, 0.1) is 0 Å². The summed E-state index contributed by atoms with van der Waals surface area (Å²) < 4.78 is 2.25. The standard InChI is InChI=1S/C14H25N5S/c1-3-15-13(16-8-10-19-9-5-7-18-19)17-12-14(2)6-4-11-20-14/h5,7,9H,3-4,6,8,10-12H2,1-2H3,(H2,15,16,17). The first-order valence-electron chi connectivity index (χ1n) is 7.35. The van der Waals surface area contributed by atoms with Gasteiger partial charge in [-0.05, 0) is 38.5 Å². The molecule has 2 N–H and O–H groups in total. The highest BCUT2D eigenvalue weighted by molar-refractivity contribution is 8.00. The maximum absolute atomic E-state index is 4.73. The fraction of sp³-hybridized carbons (Fsp3) is 0.714. The van der Waals surface area contributed by atoms with E-state index in [1.54, 1.807) is 6.20 Å². The lowest BCUT2D eigenvalue weighted by Crippen LogP contribution is -2.40. The number of aromatic nitrogens is 2. The Bertz CT molecular complexity index is 409. The van der Waals surface area contributed by atoms with Crippen LogP contribution in [0.15, 0.2) is 23.5 Å². The fourth-order valence-corrected chi connectivity index (χ4v) is 3.50. The summed E-state index contributed by atoms with van der Waals surface area (Å²) >= 11 is 2.05. The van der Waals surface area contributed by atoms with Gasteiger partial charge in [-0.1, -0.05) is 0 Å². The number of hydrogen-bond donors (Lipinski definition) is 2. The Hall–Kier alpha value is -1.17. The van der Waals surface area contributed by atoms with Crippen LogP contribution in [0.2, 0.25) is 0 Å². The van der Waals surface area contributed by atoms with Gasteiger partial charge in [-0.15, -0.1) is 0 Å². The minimum Gasteiger partial charge on any atom is -0.357 e. The van der Waals surface area contributed by atoms with Crippen LogP contribution in [0.25, 0.3) is 0 Å². The van der Waals surface area contributed by atoms with Crippen LogP contribution >= 0.6 is 11.8 Å². The highest BCUT2D eigenvalue weighted by Gasteiger charge is 2.29. The predicted molar refractivity (Wildman–Crippen MR) is 86.3 cm³/mol. The lowest BCUT2D eigenvalue weighted by Gasteiger charge is -2.21. The van der Waals surface area contributed by atoms with Crippen molar-refractivity contribution in [3.8, 4) is 0 Å². The van der Waals surface area contributed by atoms with Gasteiger partial charge in [0.2, 0.25) is 0 Å². The van der Waals surface area contributed by atoms with Gasteiger partial charge in [0.25, 0.3) is 0 Å². The summed E-state index contributed by atoms with van der Waals surface area (Å²) in [6.45, 7) is 7.87. The Balaban J connectivity index is 1.79. The van der Waals surface area contributed by atoms with Gasteiger partial charge in [0.05, 0.1) is 13.1 Å². The molecule has 20 heavy (non-hydrogen) atoms. The molecule has 0 saturated carbocycles. The molecule has 1 unspecified atom stereocenters. The molecule has 1 fully saturated rings. The molecule has 0 aromatic carbocycles. The predicted octanol–water partition coefficient (Wildman–Crippen LogP) is 1.72. The van der Waals surface area contributed by atoms with E-state index in [2.05, 4.69) is 29.6 Å². The second-order valence-corrected chi connectivity index (χ2v) is 6.98. The summed E-state index contributed by atoms with van der Waals surface area (Å²) in [6.07, 6.45) is 6.37. The minimum absolute atomic E-state index is 0.324. The molecule has 0 amide bonds. The summed E-state index contributed by atoms with van der Waals surface area (Å²) in [5.41, 5.74) is 0. The number of thioether (sulfide) groups is 1. The summed E-state index contributed by atoms with van der Waals surface area (Å²) in [4.78, 5) is 4.73. The largest absolute Gasteiger partial charge is 0.357 e. The number of rotatable bonds is 6. The van der Waals surface area contributed by atoms with Gasteiger partial charge in [-0.3, -0.25) is 9.67 Å². The molecule has 1 aromatic rings. The first-order valence-corrected chi connectivity index (χ1v) is 8.34. The SMILES string of the molecule is CCNC(=NCC1(C)CCCS1)NCCn1cccn1. The zero-order valence-electron chi connectivity index (χ0n) is 12.4. The molecule has 1 aliphatic heterocycles. The first-order chi connectivity index (χ1) is 9.72. The fourth-order valence-electron chi connectivity index (χ4n) is 2.27. The number of nitrogens with one attached hydrogen (secondary N) is 2. The van der Waals surface area contributed by atoms with Crippen molar-refractivity contribution in [3.63, 3.8) is 0 Å². The number of nitrogens with zero attached hydrogens (tertiary/aromatic N) is 3. The van der Waals surface area contributed by atoms with E-state index in [0.717, 1.165) is 32.1 Å². The van der Waals surface area contributed by atoms with Gasteiger partial charge in [-0.25, -0.2) is 0 Å². The maximum atomic E-state index is 4.73. The van der Waals surface area contributed by atoms with Gasteiger partial charge < -0.3 is 10.6 Å². The average Bonchev–Trinajstić information content (AvgIpc) is 3.08. The van der Waals surface area contributed by atoms with Crippen molar-refractivity contribution in [2.75, 3.05) is 25.4 Å². The Kier molecular flexibility index (Phi) is 5.76. The van der Waals surface area contributed by atoms with Crippen LogP contribution in [-0.2, 0) is 6.54 Å². The third kappa shape index (κ3) is 4.74. The maximum Gasteiger partial charge on any atom is 0.191 e. The van der Waals surface area contributed by atoms with Crippen molar-refractivity contribution in [2.45, 2.75) is 38.0 Å². The van der Waals surface area contributed by atoms with E-state index < -0.39 is 0 Å². The normalized spacial score (nSPS) is 23.0. The number of hydrogen-bond acceptors (Lipinski definition) is 3. The van der Waals surface area contributed by atoms with Crippen LogP contribution in [0.3, 0.4) is 0 Å². The van der Waals surface area contributed by atoms with E-state index >= 15 is 0 Å². The van der Waals surface area contributed by atoms with Crippen LogP contribution in [-0.4, -0.2) is 45.9 Å². The topological polar surface area (TPSA) is 54.2 Å². The molecule has 1 aliphatic rings. The van der Waals surface area contributed by atoms with Crippen molar-refractivity contribution in [1.82, 2.24) is 20.4 Å². The highest BCUT2D eigenvalue weighted by atomic mass is 32.2. The van der Waals surface area contributed by atoms with Crippen LogP contribution < -0.4 is 10.6 Å². The van der Waals surface area contributed by atoms with Gasteiger partial charge in [0, 0.05) is 30.2 Å². The second-order valence-electron chi connectivity index (χ2n) is 5.29. The van der Waals surface area contributed by atoms with E-state index in [1.807, 2.05) is 28.7 Å². The van der Waals surface area contributed by atoms with Crippen molar-refractivity contribution in [2.24, 2.45) is 4.99 Å². The number of guanidine groups is 1. The van der Waals surface area contributed by atoms with Crippen molar-refractivity contribution < 1.29 is 0 Å². The van der Waals surface area contributed by atoms with Crippen LogP contribution in [0.5, 0.6) is 0 Å². The lowest BCUT2D eigenvalue weighted by atomic mass is 10.1. The third-order valence-corrected chi connectivity index (χ3v) is 4.93. The Morgan fingerprint density at radius 3 is 3.05 bits per heavy atom. The zero-order valence-corrected chi connectivity index (χ0v) is 13.2. The average molecular weight is 295 g/mol. The molecular weight excluding hydrogens is 270 g/mol. The molecule has 2 heterocycles. The van der Waals surface area contributed by atoms with E-state index in [9.17, 15) is 0 Å². The molecule has 1 aromatic heterocycles. The Labute approximate surface area is 125 Å². The molecule has 112 valence electrons. The third-order valence-electron chi connectivity index (χ3n) is 3.41. The highest BCUT2D eigenvalue weighted by Crippen LogP contribution is 2.37. The summed E-state index contributed by atoms with van der Waals surface area (Å²) in [7, 11) is 0. The monoisotopic (exact) mass is 295 g/mol. The van der Waals surface area contributed by atoms with E-state index in [-0.39, 0.29) is 0 Å². The quantitative estimate of drug-likeness (QED) is 0.620. The molecule has 5 nitrogen and oxygen atoms in total. The van der Waals surface area contributed by atoms with Crippen LogP contribution in [0.4, 0.5) is 0 Å². The van der Waals surface area contributed by atoms with Crippen LogP contribution in [0.1, 0.15) is 26.7 Å². The lowest BCUT2D eigenvalue weighted by molar-refractivity contribution is 0.591. The zero-order chi connectivity index (χ0) is 14.3. The molecular formula is C14H25N5S. The second kappa shape index (κ2) is 7.57. The van der Waals surface area contributed by atoms with E-state index in [0.29, 0.717) is 4.75 Å². The minimum atomic E-state index is 0.324. The molecule has 1 atom stereocenters. The summed E-state index contributed by atoms with van der Waals surface area (Å²) in [5, 5.41) is 10.9. The van der Waals surface area contributed by atoms with E-state index in [1.165, 1.54) is 18.6 Å². The molecule has 0 radical (unpaired) electrons. The summed E-state index contributed by atoms with van der Waals surface area (Å²) in [6, 6.07) is 1.94. The molecule has 0 aliphatic carbocycles. The van der Waals surface area contributed by atoms with Crippen molar-refractivity contribution in [1.29, 1.82) is 0 Å². The Morgan fingerprint density at radius 1 is 1.50 bits per heavy atom. The molecule has 0 spiro atoms. The smallest absolute Gasteiger partial charge is 0.191 e. The van der Waals surface area contributed by atoms with Gasteiger partial charge in [-0.2, -0.15) is 16.9 Å². The van der Waals surface area contributed by atoms with E-state index in [4.69, 9.17) is 4.99 Å². The number of aliphatic imine (C=N–C) groups is 1. The van der Waals surface area contributed by atoms with Gasteiger partial charge in [0.1, 0.15) is 0 Å². The van der Waals surface area contributed by atoms with Crippen molar-refractivity contribution in [3.05, 3.63) is 18.5 Å². The van der Waals surface area contributed by atoms with Crippen molar-refractivity contribution >= 4 is 17.7 Å². The van der Waals surface area contributed by atoms with Gasteiger partial charge in [0.15, 0.2) is 5.96 Å².